The van der Waals surface area contributed by atoms with Crippen molar-refractivity contribution in [3.8, 4) is 0 Å². The maximum atomic E-state index is 13.1. The van der Waals surface area contributed by atoms with Crippen molar-refractivity contribution in [3.63, 3.8) is 0 Å². The number of halogens is 1. The summed E-state index contributed by atoms with van der Waals surface area (Å²) >= 11 is 0. The zero-order valence-electron chi connectivity index (χ0n) is 7.87. The molecule has 0 aliphatic heterocycles. The van der Waals surface area contributed by atoms with Gasteiger partial charge in [0.15, 0.2) is 0 Å². The topological polar surface area (TPSA) is 37.3 Å². The molecule has 1 aromatic rings. The Morgan fingerprint density at radius 2 is 2.00 bits per heavy atom. The number of hydrogen-bond acceptors (Lipinski definition) is 1. The van der Waals surface area contributed by atoms with E-state index in [4.69, 9.17) is 5.11 Å². The van der Waals surface area contributed by atoms with Gasteiger partial charge in [-0.25, -0.2) is 4.39 Å². The molecule has 0 amide bonds. The summed E-state index contributed by atoms with van der Waals surface area (Å²) in [5.74, 6) is -0.999. The SMILES string of the molecule is O=C(O)CCCCc1ccccc1F. The Bertz CT molecular complexity index is 310. The van der Waals surface area contributed by atoms with Crippen LogP contribution < -0.4 is 0 Å². The number of benzene rings is 1. The molecule has 0 bridgehead atoms. The Morgan fingerprint density at radius 1 is 1.29 bits per heavy atom. The van der Waals surface area contributed by atoms with Crippen molar-refractivity contribution in [2.45, 2.75) is 25.7 Å². The van der Waals surface area contributed by atoms with Gasteiger partial charge in [0.25, 0.3) is 0 Å². The summed E-state index contributed by atoms with van der Waals surface area (Å²) in [5.41, 5.74) is 0.665. The van der Waals surface area contributed by atoms with Crippen molar-refractivity contribution in [1.29, 1.82) is 0 Å². The summed E-state index contributed by atoms with van der Waals surface area (Å²) in [6.45, 7) is 0. The Balaban J connectivity index is 2.31. The molecular weight excluding hydrogens is 183 g/mol. The molecule has 0 heterocycles. The first kappa shape index (κ1) is 10.7. The largest absolute Gasteiger partial charge is 0.481 e. The smallest absolute Gasteiger partial charge is 0.303 e. The van der Waals surface area contributed by atoms with Gasteiger partial charge in [-0.1, -0.05) is 18.2 Å². The normalized spacial score (nSPS) is 10.1. The fraction of sp³-hybridized carbons (Fsp3) is 0.364. The van der Waals surface area contributed by atoms with Gasteiger partial charge in [0.2, 0.25) is 0 Å². The van der Waals surface area contributed by atoms with Crippen LogP contribution in [0.15, 0.2) is 24.3 Å². The van der Waals surface area contributed by atoms with Gasteiger partial charge in [0.05, 0.1) is 0 Å². The molecule has 2 nitrogen and oxygen atoms in total. The minimum atomic E-state index is -0.793. The highest BCUT2D eigenvalue weighted by molar-refractivity contribution is 5.66. The van der Waals surface area contributed by atoms with E-state index < -0.39 is 5.97 Å². The zero-order valence-corrected chi connectivity index (χ0v) is 7.87. The Kier molecular flexibility index (Phi) is 4.11. The van der Waals surface area contributed by atoms with Crippen LogP contribution in [0.1, 0.15) is 24.8 Å². The molecule has 0 atom stereocenters. The molecule has 0 radical (unpaired) electrons. The van der Waals surface area contributed by atoms with Gasteiger partial charge in [-0.15, -0.1) is 0 Å². The second-order valence-corrected chi connectivity index (χ2v) is 3.19. The van der Waals surface area contributed by atoms with Gasteiger partial charge in [-0.3, -0.25) is 4.79 Å². The van der Waals surface area contributed by atoms with E-state index in [2.05, 4.69) is 0 Å². The van der Waals surface area contributed by atoms with Gasteiger partial charge < -0.3 is 5.11 Å². The van der Waals surface area contributed by atoms with E-state index in [1.54, 1.807) is 18.2 Å². The molecule has 0 saturated carbocycles. The number of aliphatic carboxylic acids is 1. The molecule has 0 spiro atoms. The molecule has 0 aliphatic rings. The van der Waals surface area contributed by atoms with Crippen molar-refractivity contribution in [1.82, 2.24) is 0 Å². The highest BCUT2D eigenvalue weighted by atomic mass is 19.1. The number of hydrogen-bond donors (Lipinski definition) is 1. The lowest BCUT2D eigenvalue weighted by Crippen LogP contribution is -1.96. The minimum Gasteiger partial charge on any atom is -0.481 e. The van der Waals surface area contributed by atoms with Gasteiger partial charge >= 0.3 is 5.97 Å². The first-order valence-electron chi connectivity index (χ1n) is 4.65. The average molecular weight is 196 g/mol. The van der Waals surface area contributed by atoms with Crippen LogP contribution in [-0.4, -0.2) is 11.1 Å². The third-order valence-electron chi connectivity index (χ3n) is 2.04. The number of aryl methyl sites for hydroxylation is 1. The van der Waals surface area contributed by atoms with Crippen LogP contribution >= 0.6 is 0 Å². The van der Waals surface area contributed by atoms with Gasteiger partial charge in [-0.2, -0.15) is 0 Å². The van der Waals surface area contributed by atoms with Crippen LogP contribution in [0.2, 0.25) is 0 Å². The molecular formula is C11H13FO2. The van der Waals surface area contributed by atoms with E-state index in [1.165, 1.54) is 6.07 Å². The molecule has 1 rings (SSSR count). The van der Waals surface area contributed by atoms with Gasteiger partial charge in [-0.05, 0) is 30.9 Å². The molecule has 0 unspecified atom stereocenters. The third kappa shape index (κ3) is 3.56. The minimum absolute atomic E-state index is 0.161. The summed E-state index contributed by atoms with van der Waals surface area (Å²) in [7, 11) is 0. The Hall–Kier alpha value is -1.38. The molecule has 0 aromatic heterocycles. The van der Waals surface area contributed by atoms with E-state index in [0.717, 1.165) is 0 Å². The maximum absolute atomic E-state index is 13.1. The highest BCUT2D eigenvalue weighted by Gasteiger charge is 2.01. The average Bonchev–Trinajstić information content (AvgIpc) is 2.15. The number of carboxylic acid groups (broad SMARTS) is 1. The molecule has 3 heteroatoms. The lowest BCUT2D eigenvalue weighted by molar-refractivity contribution is -0.137. The number of unbranched alkanes of at least 4 members (excludes halogenated alkanes) is 1. The first-order valence-corrected chi connectivity index (χ1v) is 4.65. The standard InChI is InChI=1S/C11H13FO2/c12-10-7-3-1-5-9(10)6-2-4-8-11(13)14/h1,3,5,7H,2,4,6,8H2,(H,13,14). The maximum Gasteiger partial charge on any atom is 0.303 e. The summed E-state index contributed by atoms with van der Waals surface area (Å²) in [6, 6.07) is 6.59. The van der Waals surface area contributed by atoms with Crippen LogP contribution in [0.4, 0.5) is 4.39 Å². The van der Waals surface area contributed by atoms with Gasteiger partial charge in [0.1, 0.15) is 5.82 Å². The number of rotatable bonds is 5. The first-order chi connectivity index (χ1) is 6.70. The third-order valence-corrected chi connectivity index (χ3v) is 2.04. The summed E-state index contributed by atoms with van der Waals surface area (Å²) in [6.07, 6.45) is 2.09. The fourth-order valence-electron chi connectivity index (χ4n) is 1.29. The second kappa shape index (κ2) is 5.37. The number of carbonyl (C=O) groups is 1. The van der Waals surface area contributed by atoms with Crippen LogP contribution in [0.3, 0.4) is 0 Å². The van der Waals surface area contributed by atoms with E-state index in [0.29, 0.717) is 24.8 Å². The quantitative estimate of drug-likeness (QED) is 0.735. The van der Waals surface area contributed by atoms with E-state index in [-0.39, 0.29) is 12.2 Å². The van der Waals surface area contributed by atoms with Crippen LogP contribution in [-0.2, 0) is 11.2 Å². The van der Waals surface area contributed by atoms with Gasteiger partial charge in [0, 0.05) is 6.42 Å². The Labute approximate surface area is 82.4 Å². The van der Waals surface area contributed by atoms with E-state index in [1.807, 2.05) is 0 Å². The lowest BCUT2D eigenvalue weighted by atomic mass is 10.1. The molecule has 1 aromatic carbocycles. The molecule has 0 saturated heterocycles. The van der Waals surface area contributed by atoms with Crippen LogP contribution in [0.5, 0.6) is 0 Å². The van der Waals surface area contributed by atoms with Crippen molar-refractivity contribution >= 4 is 5.97 Å². The zero-order chi connectivity index (χ0) is 10.4. The second-order valence-electron chi connectivity index (χ2n) is 3.19. The van der Waals surface area contributed by atoms with Crippen LogP contribution in [0.25, 0.3) is 0 Å². The van der Waals surface area contributed by atoms with Crippen molar-refractivity contribution in [2.24, 2.45) is 0 Å². The molecule has 1 N–H and O–H groups in total. The van der Waals surface area contributed by atoms with Crippen molar-refractivity contribution in [2.75, 3.05) is 0 Å². The van der Waals surface area contributed by atoms with Crippen molar-refractivity contribution < 1.29 is 14.3 Å². The Morgan fingerprint density at radius 3 is 2.64 bits per heavy atom. The van der Waals surface area contributed by atoms with E-state index in [9.17, 15) is 9.18 Å². The number of carboxylic acids is 1. The summed E-state index contributed by atoms with van der Waals surface area (Å²) in [4.78, 5) is 10.2. The van der Waals surface area contributed by atoms with E-state index >= 15 is 0 Å². The molecule has 0 aliphatic carbocycles. The lowest BCUT2D eigenvalue weighted by Gasteiger charge is -2.01. The van der Waals surface area contributed by atoms with Crippen LogP contribution in [0, 0.1) is 5.82 Å². The predicted molar refractivity (Wildman–Crippen MR) is 51.6 cm³/mol. The molecule has 76 valence electrons. The highest BCUT2D eigenvalue weighted by Crippen LogP contribution is 2.10. The molecule has 14 heavy (non-hydrogen) atoms. The predicted octanol–water partition coefficient (Wildman–Crippen LogP) is 2.62. The summed E-state index contributed by atoms with van der Waals surface area (Å²) in [5, 5.41) is 8.39. The summed E-state index contributed by atoms with van der Waals surface area (Å²) < 4.78 is 13.1. The van der Waals surface area contributed by atoms with Crippen molar-refractivity contribution in [3.05, 3.63) is 35.6 Å². The molecule has 0 fully saturated rings. The fourth-order valence-corrected chi connectivity index (χ4v) is 1.29. The monoisotopic (exact) mass is 196 g/mol.